The quantitative estimate of drug-likeness (QED) is 0.582. The van der Waals surface area contributed by atoms with Crippen LogP contribution in [0.4, 0.5) is 11.5 Å². The van der Waals surface area contributed by atoms with Crippen molar-refractivity contribution < 1.29 is 14.4 Å². The molecule has 0 aliphatic heterocycles. The van der Waals surface area contributed by atoms with Crippen LogP contribution in [0, 0.1) is 10.1 Å². The lowest BCUT2D eigenvalue weighted by Crippen LogP contribution is -2.19. The minimum atomic E-state index is -0.585. The standard InChI is InChI=1S/C9H14N4O4/c1-6(16-2)4-10-8-7(13(14)15)9(17-3)12-5-11-8/h5-6H,4H2,1-3H3,(H,10,11,12). The Labute approximate surface area is 98.1 Å². The van der Waals surface area contributed by atoms with E-state index in [0.717, 1.165) is 0 Å². The van der Waals surface area contributed by atoms with Crippen LogP contribution in [-0.4, -0.2) is 41.8 Å². The van der Waals surface area contributed by atoms with Gasteiger partial charge < -0.3 is 14.8 Å². The summed E-state index contributed by atoms with van der Waals surface area (Å²) in [6.07, 6.45) is 1.11. The molecule has 8 heteroatoms. The van der Waals surface area contributed by atoms with E-state index in [1.54, 1.807) is 7.11 Å². The van der Waals surface area contributed by atoms with E-state index >= 15 is 0 Å². The summed E-state index contributed by atoms with van der Waals surface area (Å²) in [7, 11) is 2.87. The minimum Gasteiger partial charge on any atom is -0.476 e. The molecule has 0 fully saturated rings. The van der Waals surface area contributed by atoms with E-state index in [2.05, 4.69) is 15.3 Å². The molecule has 8 nitrogen and oxygen atoms in total. The summed E-state index contributed by atoms with van der Waals surface area (Å²) in [5.74, 6) is 0.0447. The van der Waals surface area contributed by atoms with Crippen LogP contribution < -0.4 is 10.1 Å². The van der Waals surface area contributed by atoms with E-state index in [1.165, 1.54) is 13.4 Å². The molecule has 1 atom stereocenters. The highest BCUT2D eigenvalue weighted by molar-refractivity contribution is 5.61. The zero-order valence-corrected chi connectivity index (χ0v) is 9.84. The van der Waals surface area contributed by atoms with Gasteiger partial charge in [0.2, 0.25) is 5.82 Å². The van der Waals surface area contributed by atoms with Crippen LogP contribution in [0.5, 0.6) is 5.88 Å². The van der Waals surface area contributed by atoms with Crippen molar-refractivity contribution in [2.45, 2.75) is 13.0 Å². The second-order valence-electron chi connectivity index (χ2n) is 3.26. The highest BCUT2D eigenvalue weighted by Gasteiger charge is 2.23. The SMILES string of the molecule is COc1ncnc(NCC(C)OC)c1[N+](=O)[O-]. The molecule has 17 heavy (non-hydrogen) atoms. The smallest absolute Gasteiger partial charge is 0.372 e. The zero-order chi connectivity index (χ0) is 12.8. The number of nitro groups is 1. The zero-order valence-electron chi connectivity index (χ0n) is 9.84. The lowest BCUT2D eigenvalue weighted by molar-refractivity contribution is -0.385. The molecular weight excluding hydrogens is 228 g/mol. The maximum atomic E-state index is 10.9. The van der Waals surface area contributed by atoms with Gasteiger partial charge in [0.1, 0.15) is 6.33 Å². The second kappa shape index (κ2) is 5.94. The monoisotopic (exact) mass is 242 g/mol. The first-order valence-corrected chi connectivity index (χ1v) is 4.90. The fourth-order valence-electron chi connectivity index (χ4n) is 1.13. The molecule has 0 aliphatic rings. The molecule has 0 saturated heterocycles. The Hall–Kier alpha value is -1.96. The number of nitrogens with zero attached hydrogens (tertiary/aromatic N) is 3. The first kappa shape index (κ1) is 13.1. The van der Waals surface area contributed by atoms with Crippen molar-refractivity contribution in [2.24, 2.45) is 0 Å². The predicted molar refractivity (Wildman–Crippen MR) is 60.2 cm³/mol. The van der Waals surface area contributed by atoms with Crippen molar-refractivity contribution in [2.75, 3.05) is 26.1 Å². The number of ether oxygens (including phenoxy) is 2. The molecule has 1 heterocycles. The molecule has 1 rings (SSSR count). The van der Waals surface area contributed by atoms with Crippen LogP contribution in [0.15, 0.2) is 6.33 Å². The fourth-order valence-corrected chi connectivity index (χ4v) is 1.13. The molecule has 1 aromatic heterocycles. The summed E-state index contributed by atoms with van der Waals surface area (Å²) in [5.41, 5.74) is -0.279. The first-order valence-electron chi connectivity index (χ1n) is 4.90. The van der Waals surface area contributed by atoms with Crippen LogP contribution in [-0.2, 0) is 4.74 Å². The van der Waals surface area contributed by atoms with E-state index in [0.29, 0.717) is 6.54 Å². The number of rotatable bonds is 6. The minimum absolute atomic E-state index is 0.0717. The summed E-state index contributed by atoms with van der Waals surface area (Å²) >= 11 is 0. The molecule has 0 amide bonds. The van der Waals surface area contributed by atoms with Gasteiger partial charge in [-0.3, -0.25) is 10.1 Å². The molecule has 1 aromatic rings. The number of hydrogen-bond donors (Lipinski definition) is 1. The Morgan fingerprint density at radius 1 is 1.53 bits per heavy atom. The van der Waals surface area contributed by atoms with Crippen LogP contribution in [0.25, 0.3) is 0 Å². The molecule has 0 saturated carbocycles. The van der Waals surface area contributed by atoms with Crippen molar-refractivity contribution >= 4 is 11.5 Å². The summed E-state index contributed by atoms with van der Waals surface area (Å²) in [4.78, 5) is 17.8. The number of methoxy groups -OCH3 is 2. The van der Waals surface area contributed by atoms with Gasteiger partial charge in [-0.25, -0.2) is 4.98 Å². The number of anilines is 1. The van der Waals surface area contributed by atoms with E-state index in [1.807, 2.05) is 6.92 Å². The van der Waals surface area contributed by atoms with Gasteiger partial charge in [0, 0.05) is 13.7 Å². The number of nitrogens with one attached hydrogen (secondary N) is 1. The Kier molecular flexibility index (Phi) is 4.58. The van der Waals surface area contributed by atoms with E-state index in [-0.39, 0.29) is 23.5 Å². The number of hydrogen-bond acceptors (Lipinski definition) is 7. The van der Waals surface area contributed by atoms with Gasteiger partial charge in [-0.05, 0) is 6.92 Å². The molecule has 0 spiro atoms. The van der Waals surface area contributed by atoms with Crippen molar-refractivity contribution in [1.82, 2.24) is 9.97 Å². The van der Waals surface area contributed by atoms with Crippen molar-refractivity contribution in [3.8, 4) is 5.88 Å². The molecule has 0 aliphatic carbocycles. The van der Waals surface area contributed by atoms with Gasteiger partial charge in [0.15, 0.2) is 0 Å². The highest BCUT2D eigenvalue weighted by Crippen LogP contribution is 2.30. The molecule has 0 aromatic carbocycles. The summed E-state index contributed by atoms with van der Waals surface area (Å²) < 4.78 is 9.84. The Morgan fingerprint density at radius 3 is 2.76 bits per heavy atom. The number of aromatic nitrogens is 2. The first-order chi connectivity index (χ1) is 8.10. The van der Waals surface area contributed by atoms with Gasteiger partial charge in [0.05, 0.1) is 18.1 Å². The van der Waals surface area contributed by atoms with Crippen LogP contribution in [0.3, 0.4) is 0 Å². The van der Waals surface area contributed by atoms with E-state index in [9.17, 15) is 10.1 Å². The Morgan fingerprint density at radius 2 is 2.24 bits per heavy atom. The predicted octanol–water partition coefficient (Wildman–Crippen LogP) is 0.840. The highest BCUT2D eigenvalue weighted by atomic mass is 16.6. The van der Waals surface area contributed by atoms with Crippen LogP contribution in [0.2, 0.25) is 0 Å². The van der Waals surface area contributed by atoms with Crippen molar-refractivity contribution in [1.29, 1.82) is 0 Å². The lowest BCUT2D eigenvalue weighted by atomic mass is 10.4. The summed E-state index contributed by atoms with van der Waals surface area (Å²) in [6, 6.07) is 0. The Balaban J connectivity index is 2.94. The molecule has 94 valence electrons. The third-order valence-electron chi connectivity index (χ3n) is 2.12. The normalized spacial score (nSPS) is 11.9. The fraction of sp³-hybridized carbons (Fsp3) is 0.556. The topological polar surface area (TPSA) is 99.4 Å². The van der Waals surface area contributed by atoms with Crippen molar-refractivity contribution in [3.63, 3.8) is 0 Å². The maximum absolute atomic E-state index is 10.9. The van der Waals surface area contributed by atoms with Gasteiger partial charge in [0.25, 0.3) is 5.88 Å². The van der Waals surface area contributed by atoms with Gasteiger partial charge in [-0.15, -0.1) is 0 Å². The average Bonchev–Trinajstić information content (AvgIpc) is 2.34. The van der Waals surface area contributed by atoms with E-state index in [4.69, 9.17) is 9.47 Å². The summed E-state index contributed by atoms with van der Waals surface area (Å²) in [5, 5.41) is 13.7. The largest absolute Gasteiger partial charge is 0.476 e. The third kappa shape index (κ3) is 3.25. The lowest BCUT2D eigenvalue weighted by Gasteiger charge is -2.11. The van der Waals surface area contributed by atoms with Crippen LogP contribution >= 0.6 is 0 Å². The molecule has 0 radical (unpaired) electrons. The molecule has 1 N–H and O–H groups in total. The molecular formula is C9H14N4O4. The van der Waals surface area contributed by atoms with Crippen LogP contribution in [0.1, 0.15) is 6.92 Å². The third-order valence-corrected chi connectivity index (χ3v) is 2.12. The second-order valence-corrected chi connectivity index (χ2v) is 3.26. The Bertz CT molecular complexity index is 399. The van der Waals surface area contributed by atoms with Gasteiger partial charge in [-0.1, -0.05) is 0 Å². The maximum Gasteiger partial charge on any atom is 0.372 e. The van der Waals surface area contributed by atoms with Crippen molar-refractivity contribution in [3.05, 3.63) is 16.4 Å². The molecule has 1 unspecified atom stereocenters. The van der Waals surface area contributed by atoms with Gasteiger partial charge >= 0.3 is 5.69 Å². The summed E-state index contributed by atoms with van der Waals surface area (Å²) in [6.45, 7) is 2.23. The molecule has 0 bridgehead atoms. The van der Waals surface area contributed by atoms with Gasteiger partial charge in [-0.2, -0.15) is 4.98 Å². The average molecular weight is 242 g/mol. The van der Waals surface area contributed by atoms with E-state index < -0.39 is 4.92 Å².